The highest BCUT2D eigenvalue weighted by atomic mass is 16.5. The number of benzene rings is 1. The Morgan fingerprint density at radius 3 is 2.50 bits per heavy atom. The van der Waals surface area contributed by atoms with Crippen LogP contribution in [0, 0.1) is 11.3 Å². The molecule has 0 bridgehead atoms. The number of ether oxygens (including phenoxy) is 1. The molecule has 2 atom stereocenters. The molecule has 186 valence electrons. The maximum atomic E-state index is 13.2. The van der Waals surface area contributed by atoms with E-state index in [0.29, 0.717) is 36.8 Å². The van der Waals surface area contributed by atoms with E-state index in [1.807, 2.05) is 12.1 Å². The van der Waals surface area contributed by atoms with Crippen LogP contribution in [0.15, 0.2) is 55.0 Å². The van der Waals surface area contributed by atoms with Crippen molar-refractivity contribution in [3.8, 4) is 11.8 Å². The Labute approximate surface area is 209 Å². The summed E-state index contributed by atoms with van der Waals surface area (Å²) < 4.78 is 7.47. The molecule has 0 aliphatic carbocycles. The number of anilines is 1. The van der Waals surface area contributed by atoms with E-state index in [2.05, 4.69) is 33.7 Å². The molecule has 0 spiro atoms. The number of pyridine rings is 1. The largest absolute Gasteiger partial charge is 0.485 e. The first-order valence-corrected chi connectivity index (χ1v) is 11.7. The zero-order chi connectivity index (χ0) is 25.7. The fourth-order valence-electron chi connectivity index (χ4n) is 3.93. The number of nitriles is 1. The van der Waals surface area contributed by atoms with E-state index < -0.39 is 6.04 Å². The topological polar surface area (TPSA) is 125 Å². The van der Waals surface area contributed by atoms with E-state index in [-0.39, 0.29) is 23.8 Å². The fourth-order valence-corrected chi connectivity index (χ4v) is 3.93. The number of nitrogens with zero attached hydrogens (tertiary/aromatic N) is 5. The molecule has 2 N–H and O–H groups in total. The number of amides is 2. The van der Waals surface area contributed by atoms with Gasteiger partial charge in [0, 0.05) is 32.3 Å². The van der Waals surface area contributed by atoms with Gasteiger partial charge in [0.1, 0.15) is 23.7 Å². The molecule has 0 radical (unpaired) electrons. The zero-order valence-electron chi connectivity index (χ0n) is 20.5. The van der Waals surface area contributed by atoms with E-state index in [1.54, 1.807) is 59.5 Å². The van der Waals surface area contributed by atoms with Gasteiger partial charge in [0.2, 0.25) is 11.8 Å². The van der Waals surface area contributed by atoms with Crippen LogP contribution in [-0.2, 0) is 16.6 Å². The molecule has 4 rings (SSSR count). The van der Waals surface area contributed by atoms with Crippen molar-refractivity contribution in [2.24, 2.45) is 7.05 Å². The summed E-state index contributed by atoms with van der Waals surface area (Å²) in [6.07, 6.45) is 4.98. The summed E-state index contributed by atoms with van der Waals surface area (Å²) in [6.45, 7) is 5.26. The van der Waals surface area contributed by atoms with Gasteiger partial charge in [-0.3, -0.25) is 14.3 Å². The van der Waals surface area contributed by atoms with Gasteiger partial charge in [0.15, 0.2) is 0 Å². The van der Waals surface area contributed by atoms with Crippen molar-refractivity contribution < 1.29 is 14.3 Å². The van der Waals surface area contributed by atoms with Gasteiger partial charge in [-0.05, 0) is 35.7 Å². The lowest BCUT2D eigenvalue weighted by atomic mass is 9.99. The highest BCUT2D eigenvalue weighted by Crippen LogP contribution is 2.21. The molecular formula is C26H29N7O3. The summed E-state index contributed by atoms with van der Waals surface area (Å²) in [5.74, 6) is 0.882. The molecule has 1 fully saturated rings. The highest BCUT2D eigenvalue weighted by Gasteiger charge is 2.30. The Balaban J connectivity index is 1.37. The van der Waals surface area contributed by atoms with Crippen LogP contribution in [0.25, 0.3) is 0 Å². The number of rotatable bonds is 9. The van der Waals surface area contributed by atoms with Crippen LogP contribution >= 0.6 is 0 Å². The number of hydrogen-bond donors (Lipinski definition) is 2. The average Bonchev–Trinajstić information content (AvgIpc) is 3.27. The van der Waals surface area contributed by atoms with Gasteiger partial charge in [-0.15, -0.1) is 0 Å². The lowest BCUT2D eigenvalue weighted by Gasteiger charge is -2.38. The standard InChI is InChI=1S/C26H29N7O3/c1-17(20-6-4-19(10-27)5-7-20)11-29-25(21-12-30-32(3)14-21)26(35)31-24-9-8-22(13-28-24)36-23-15-33(16-23)18(2)34/h4-9,12-14,17,23,25,29H,11,15-16H2,1-3H3,(H,28,31,35)/t17-,25?/m1/s1. The lowest BCUT2D eigenvalue weighted by molar-refractivity contribution is -0.137. The smallest absolute Gasteiger partial charge is 0.247 e. The second kappa shape index (κ2) is 11.0. The van der Waals surface area contributed by atoms with Crippen molar-refractivity contribution in [1.29, 1.82) is 5.26 Å². The Bertz CT molecular complexity index is 1240. The molecule has 0 saturated carbocycles. The van der Waals surface area contributed by atoms with E-state index in [4.69, 9.17) is 10.00 Å². The van der Waals surface area contributed by atoms with Crippen molar-refractivity contribution in [1.82, 2.24) is 25.0 Å². The SMILES string of the molecule is CC(=O)N1CC(Oc2ccc(NC(=O)C(NC[C@@H](C)c3ccc(C#N)cc3)c3cnn(C)c3)nc2)C1. The van der Waals surface area contributed by atoms with Crippen molar-refractivity contribution in [2.75, 3.05) is 25.0 Å². The molecule has 36 heavy (non-hydrogen) atoms. The normalized spacial score (nSPS) is 14.9. The van der Waals surface area contributed by atoms with Crippen molar-refractivity contribution in [2.45, 2.75) is 31.9 Å². The summed E-state index contributed by atoms with van der Waals surface area (Å²) in [5, 5.41) is 19.4. The minimum atomic E-state index is -0.634. The average molecular weight is 488 g/mol. The van der Waals surface area contributed by atoms with E-state index in [9.17, 15) is 9.59 Å². The molecule has 1 aliphatic rings. The molecule has 2 amide bonds. The Morgan fingerprint density at radius 1 is 1.17 bits per heavy atom. The van der Waals surface area contributed by atoms with Crippen LogP contribution < -0.4 is 15.4 Å². The first-order valence-electron chi connectivity index (χ1n) is 11.7. The van der Waals surface area contributed by atoms with Crippen molar-refractivity contribution in [3.05, 3.63) is 71.7 Å². The quantitative estimate of drug-likeness (QED) is 0.475. The predicted octanol–water partition coefficient (Wildman–Crippen LogP) is 2.37. The number of aromatic nitrogens is 3. The minimum absolute atomic E-state index is 0.0362. The van der Waals surface area contributed by atoms with Crippen molar-refractivity contribution >= 4 is 17.6 Å². The molecule has 10 nitrogen and oxygen atoms in total. The third-order valence-electron chi connectivity index (χ3n) is 6.14. The number of likely N-dealkylation sites (tertiary alicyclic amines) is 1. The number of hydrogen-bond acceptors (Lipinski definition) is 7. The van der Waals surface area contributed by atoms with Gasteiger partial charge >= 0.3 is 0 Å². The fraction of sp³-hybridized carbons (Fsp3) is 0.346. The van der Waals surface area contributed by atoms with Crippen LogP contribution in [-0.4, -0.2) is 57.2 Å². The van der Waals surface area contributed by atoms with Gasteiger partial charge in [0.25, 0.3) is 0 Å². The van der Waals surface area contributed by atoms with Crippen LogP contribution in [0.2, 0.25) is 0 Å². The molecule has 1 unspecified atom stereocenters. The third-order valence-corrected chi connectivity index (χ3v) is 6.14. The first kappa shape index (κ1) is 24.9. The maximum absolute atomic E-state index is 13.2. The van der Waals surface area contributed by atoms with Gasteiger partial charge in [0.05, 0.1) is 37.1 Å². The summed E-state index contributed by atoms with van der Waals surface area (Å²) in [7, 11) is 1.80. The molecule has 1 saturated heterocycles. The summed E-state index contributed by atoms with van der Waals surface area (Å²) >= 11 is 0. The van der Waals surface area contributed by atoms with Crippen molar-refractivity contribution in [3.63, 3.8) is 0 Å². The van der Waals surface area contributed by atoms with E-state index >= 15 is 0 Å². The molecule has 10 heteroatoms. The minimum Gasteiger partial charge on any atom is -0.485 e. The van der Waals surface area contributed by atoms with E-state index in [1.165, 1.54) is 6.92 Å². The molecule has 1 aromatic carbocycles. The molecule has 1 aliphatic heterocycles. The molecular weight excluding hydrogens is 458 g/mol. The highest BCUT2D eigenvalue weighted by molar-refractivity contribution is 5.94. The number of carbonyl (C=O) groups is 2. The second-order valence-corrected chi connectivity index (χ2v) is 8.96. The lowest BCUT2D eigenvalue weighted by Crippen LogP contribution is -2.55. The van der Waals surface area contributed by atoms with Crippen LogP contribution in [0.1, 0.15) is 42.5 Å². The summed E-state index contributed by atoms with van der Waals surface area (Å²) in [5.41, 5.74) is 2.42. The maximum Gasteiger partial charge on any atom is 0.247 e. The van der Waals surface area contributed by atoms with Gasteiger partial charge < -0.3 is 20.3 Å². The van der Waals surface area contributed by atoms with Crippen LogP contribution in [0.5, 0.6) is 5.75 Å². The third kappa shape index (κ3) is 6.06. The Kier molecular flexibility index (Phi) is 7.61. The number of aryl methyl sites for hydroxylation is 1. The first-order chi connectivity index (χ1) is 17.3. The Morgan fingerprint density at radius 2 is 1.92 bits per heavy atom. The van der Waals surface area contributed by atoms with Crippen LogP contribution in [0.3, 0.4) is 0 Å². The predicted molar refractivity (Wildman–Crippen MR) is 133 cm³/mol. The summed E-state index contributed by atoms with van der Waals surface area (Å²) in [6, 6.07) is 12.4. The number of carbonyl (C=O) groups excluding carboxylic acids is 2. The second-order valence-electron chi connectivity index (χ2n) is 8.96. The summed E-state index contributed by atoms with van der Waals surface area (Å²) in [4.78, 5) is 30.5. The van der Waals surface area contributed by atoms with Gasteiger partial charge in [-0.25, -0.2) is 4.98 Å². The monoisotopic (exact) mass is 487 g/mol. The Hall–Kier alpha value is -4.23. The van der Waals surface area contributed by atoms with Gasteiger partial charge in [-0.2, -0.15) is 10.4 Å². The number of nitrogens with one attached hydrogen (secondary N) is 2. The van der Waals surface area contributed by atoms with Gasteiger partial charge in [-0.1, -0.05) is 19.1 Å². The zero-order valence-corrected chi connectivity index (χ0v) is 20.5. The molecule has 3 heterocycles. The van der Waals surface area contributed by atoms with E-state index in [0.717, 1.165) is 11.1 Å². The molecule has 2 aromatic heterocycles. The molecule has 3 aromatic rings. The van der Waals surface area contributed by atoms with Crippen LogP contribution in [0.4, 0.5) is 5.82 Å².